The van der Waals surface area contributed by atoms with Gasteiger partial charge in [0.25, 0.3) is 0 Å². The van der Waals surface area contributed by atoms with Crippen LogP contribution in [0.5, 0.6) is 0 Å². The molecular weight excluding hydrogens is 288 g/mol. The van der Waals surface area contributed by atoms with E-state index in [1.807, 2.05) is 37.3 Å². The molecule has 0 spiro atoms. The summed E-state index contributed by atoms with van der Waals surface area (Å²) in [6.45, 7) is 2.23. The first-order valence-electron chi connectivity index (χ1n) is 7.22. The van der Waals surface area contributed by atoms with Crippen LogP contribution in [0.4, 0.5) is 0 Å². The second-order valence-electron chi connectivity index (χ2n) is 5.12. The fourth-order valence-electron chi connectivity index (χ4n) is 1.94. The highest BCUT2D eigenvalue weighted by molar-refractivity contribution is 7.92. The smallest absolute Gasteiger partial charge is 0.235 e. The van der Waals surface area contributed by atoms with Gasteiger partial charge in [0.2, 0.25) is 5.91 Å². The maximum Gasteiger partial charge on any atom is 0.235 e. The van der Waals surface area contributed by atoms with Crippen LogP contribution in [0.2, 0.25) is 0 Å². The van der Waals surface area contributed by atoms with Crippen LogP contribution in [0.25, 0.3) is 0 Å². The van der Waals surface area contributed by atoms with Crippen molar-refractivity contribution in [3.8, 4) is 0 Å². The van der Waals surface area contributed by atoms with Gasteiger partial charge in [-0.1, -0.05) is 50.1 Å². The van der Waals surface area contributed by atoms with Crippen LogP contribution >= 0.6 is 0 Å². The minimum atomic E-state index is -3.32. The number of carbonyl (C=O) groups is 1. The van der Waals surface area contributed by atoms with Crippen LogP contribution in [0.1, 0.15) is 37.8 Å². The van der Waals surface area contributed by atoms with Gasteiger partial charge >= 0.3 is 0 Å². The van der Waals surface area contributed by atoms with Crippen molar-refractivity contribution in [2.24, 2.45) is 5.73 Å². The van der Waals surface area contributed by atoms with Gasteiger partial charge in [-0.2, -0.15) is 0 Å². The van der Waals surface area contributed by atoms with Gasteiger partial charge in [-0.3, -0.25) is 4.79 Å². The van der Waals surface area contributed by atoms with Crippen LogP contribution in [-0.4, -0.2) is 32.4 Å². The molecule has 6 heteroatoms. The van der Waals surface area contributed by atoms with Crippen LogP contribution in [0.3, 0.4) is 0 Å². The lowest BCUT2D eigenvalue weighted by Crippen LogP contribution is -2.36. The van der Waals surface area contributed by atoms with E-state index in [-0.39, 0.29) is 18.3 Å². The van der Waals surface area contributed by atoms with Gasteiger partial charge in [-0.05, 0) is 12.0 Å². The summed E-state index contributed by atoms with van der Waals surface area (Å²) in [5.74, 6) is -0.880. The normalized spacial score (nSPS) is 12.9. The van der Waals surface area contributed by atoms with Crippen LogP contribution in [-0.2, 0) is 14.6 Å². The van der Waals surface area contributed by atoms with Crippen LogP contribution < -0.4 is 11.1 Å². The third-order valence-corrected chi connectivity index (χ3v) is 4.77. The number of amides is 1. The number of benzene rings is 1. The minimum absolute atomic E-state index is 0.0685. The Bertz CT molecular complexity index is 529. The van der Waals surface area contributed by atoms with Gasteiger partial charge in [-0.15, -0.1) is 0 Å². The minimum Gasteiger partial charge on any atom is -0.353 e. The summed E-state index contributed by atoms with van der Waals surface area (Å²) in [5, 5.41) is 2.58. The number of rotatable bonds is 9. The molecule has 3 N–H and O–H groups in total. The highest BCUT2D eigenvalue weighted by Gasteiger charge is 2.16. The van der Waals surface area contributed by atoms with Crippen molar-refractivity contribution in [3.05, 3.63) is 35.9 Å². The largest absolute Gasteiger partial charge is 0.353 e. The van der Waals surface area contributed by atoms with Crippen molar-refractivity contribution >= 4 is 15.7 Å². The number of sulfone groups is 1. The number of nitrogens with two attached hydrogens (primary N) is 1. The molecule has 21 heavy (non-hydrogen) atoms. The standard InChI is InChI=1S/C15H24N2O3S/c1-2-3-7-10-21(19,20)12-15(18)17-11-14(16)13-8-5-4-6-9-13/h4-6,8-9,14H,2-3,7,10-12,16H2,1H3,(H,17,18). The van der Waals surface area contributed by atoms with E-state index in [9.17, 15) is 13.2 Å². The molecule has 1 amide bonds. The number of hydrogen-bond donors (Lipinski definition) is 2. The number of nitrogens with one attached hydrogen (secondary N) is 1. The third-order valence-electron chi connectivity index (χ3n) is 3.16. The summed E-state index contributed by atoms with van der Waals surface area (Å²) in [6, 6.07) is 9.04. The summed E-state index contributed by atoms with van der Waals surface area (Å²) in [5.41, 5.74) is 6.85. The molecule has 1 atom stereocenters. The highest BCUT2D eigenvalue weighted by atomic mass is 32.2. The Labute approximate surface area is 126 Å². The van der Waals surface area contributed by atoms with E-state index < -0.39 is 21.5 Å². The van der Waals surface area contributed by atoms with Gasteiger partial charge in [0.15, 0.2) is 9.84 Å². The predicted octanol–water partition coefficient (Wildman–Crippen LogP) is 1.41. The Morgan fingerprint density at radius 3 is 2.52 bits per heavy atom. The van der Waals surface area contributed by atoms with Gasteiger partial charge in [0.05, 0.1) is 5.75 Å². The molecule has 0 aromatic heterocycles. The topological polar surface area (TPSA) is 89.3 Å². The Morgan fingerprint density at radius 1 is 1.24 bits per heavy atom. The number of hydrogen-bond acceptors (Lipinski definition) is 4. The molecule has 0 fully saturated rings. The zero-order chi connectivity index (χ0) is 15.7. The van der Waals surface area contributed by atoms with Crippen molar-refractivity contribution in [2.45, 2.75) is 32.2 Å². The van der Waals surface area contributed by atoms with E-state index >= 15 is 0 Å². The van der Waals surface area contributed by atoms with E-state index in [1.54, 1.807) is 0 Å². The summed E-state index contributed by atoms with van der Waals surface area (Å²) in [6.07, 6.45) is 2.42. The lowest BCUT2D eigenvalue weighted by Gasteiger charge is -2.13. The summed E-state index contributed by atoms with van der Waals surface area (Å²) in [7, 11) is -3.32. The first-order valence-corrected chi connectivity index (χ1v) is 9.04. The molecule has 0 aliphatic carbocycles. The van der Waals surface area contributed by atoms with E-state index in [0.717, 1.165) is 18.4 Å². The quantitative estimate of drug-likeness (QED) is 0.675. The molecule has 1 rings (SSSR count). The monoisotopic (exact) mass is 312 g/mol. The molecule has 0 radical (unpaired) electrons. The molecule has 0 saturated carbocycles. The Balaban J connectivity index is 2.37. The van der Waals surface area contributed by atoms with Crippen molar-refractivity contribution in [1.29, 1.82) is 0 Å². The Hall–Kier alpha value is -1.40. The van der Waals surface area contributed by atoms with Crippen molar-refractivity contribution < 1.29 is 13.2 Å². The summed E-state index contributed by atoms with van der Waals surface area (Å²) >= 11 is 0. The van der Waals surface area contributed by atoms with Crippen molar-refractivity contribution in [1.82, 2.24) is 5.32 Å². The highest BCUT2D eigenvalue weighted by Crippen LogP contribution is 2.08. The second kappa shape index (κ2) is 8.79. The molecule has 0 aliphatic rings. The molecule has 1 aromatic carbocycles. The van der Waals surface area contributed by atoms with Gasteiger partial charge in [0.1, 0.15) is 5.75 Å². The maximum absolute atomic E-state index is 11.7. The third kappa shape index (κ3) is 7.24. The summed E-state index contributed by atoms with van der Waals surface area (Å²) in [4.78, 5) is 11.7. The van der Waals surface area contributed by atoms with Crippen LogP contribution in [0, 0.1) is 0 Å². The zero-order valence-corrected chi connectivity index (χ0v) is 13.2. The number of unbranched alkanes of at least 4 members (excludes halogenated alkanes) is 2. The van der Waals surface area contributed by atoms with Crippen molar-refractivity contribution in [2.75, 3.05) is 18.1 Å². The molecule has 0 heterocycles. The van der Waals surface area contributed by atoms with Crippen molar-refractivity contribution in [3.63, 3.8) is 0 Å². The Morgan fingerprint density at radius 2 is 1.90 bits per heavy atom. The first-order chi connectivity index (χ1) is 9.94. The second-order valence-corrected chi connectivity index (χ2v) is 7.30. The lowest BCUT2D eigenvalue weighted by atomic mass is 10.1. The van der Waals surface area contributed by atoms with Gasteiger partial charge in [-0.25, -0.2) is 8.42 Å². The average Bonchev–Trinajstić information content (AvgIpc) is 2.45. The van der Waals surface area contributed by atoms with E-state index in [1.165, 1.54) is 0 Å². The fraction of sp³-hybridized carbons (Fsp3) is 0.533. The van der Waals surface area contributed by atoms with Crippen LogP contribution in [0.15, 0.2) is 30.3 Å². The van der Waals surface area contributed by atoms with Gasteiger partial charge in [0, 0.05) is 12.6 Å². The molecule has 0 bridgehead atoms. The van der Waals surface area contributed by atoms with Gasteiger partial charge < -0.3 is 11.1 Å². The lowest BCUT2D eigenvalue weighted by molar-refractivity contribution is -0.118. The summed E-state index contributed by atoms with van der Waals surface area (Å²) < 4.78 is 23.5. The van der Waals surface area contributed by atoms with E-state index in [4.69, 9.17) is 5.73 Å². The first kappa shape index (κ1) is 17.7. The molecule has 1 aromatic rings. The molecule has 5 nitrogen and oxygen atoms in total. The molecule has 0 aliphatic heterocycles. The Kier molecular flexibility index (Phi) is 7.39. The number of carbonyl (C=O) groups excluding carboxylic acids is 1. The van der Waals surface area contributed by atoms with E-state index in [2.05, 4.69) is 5.32 Å². The molecule has 1 unspecified atom stereocenters. The molecule has 118 valence electrons. The fourth-order valence-corrected chi connectivity index (χ4v) is 3.23. The predicted molar refractivity (Wildman–Crippen MR) is 84.6 cm³/mol. The average molecular weight is 312 g/mol. The molecular formula is C15H24N2O3S. The molecule has 0 saturated heterocycles. The van der Waals surface area contributed by atoms with E-state index in [0.29, 0.717) is 6.42 Å². The zero-order valence-electron chi connectivity index (χ0n) is 12.4. The SMILES string of the molecule is CCCCCS(=O)(=O)CC(=O)NCC(N)c1ccccc1. The maximum atomic E-state index is 11.7.